The fourth-order valence-electron chi connectivity index (χ4n) is 3.33. The van der Waals surface area contributed by atoms with Crippen LogP contribution in [0.3, 0.4) is 0 Å². The molecule has 2 nitrogen and oxygen atoms in total. The molecule has 1 aliphatic carbocycles. The Balaban J connectivity index is 1.84. The lowest BCUT2D eigenvalue weighted by atomic mass is 9.87. The minimum atomic E-state index is 0.460. The van der Waals surface area contributed by atoms with Gasteiger partial charge in [0.25, 0.3) is 0 Å². The van der Waals surface area contributed by atoms with Gasteiger partial charge in [0.15, 0.2) is 0 Å². The van der Waals surface area contributed by atoms with Crippen LogP contribution in [-0.4, -0.2) is 11.9 Å². The molecule has 2 aromatic carbocycles. The zero-order valence-electron chi connectivity index (χ0n) is 12.4. The molecule has 0 radical (unpaired) electrons. The molecular weight excluding hydrogens is 256 g/mol. The molecule has 106 valence electrons. The number of fused-ring (bicyclic) bond motifs is 1. The minimum absolute atomic E-state index is 0.460. The first-order chi connectivity index (χ1) is 10.3. The van der Waals surface area contributed by atoms with E-state index in [-0.39, 0.29) is 0 Å². The van der Waals surface area contributed by atoms with Crippen molar-refractivity contribution in [1.29, 1.82) is 5.26 Å². The van der Waals surface area contributed by atoms with Crippen molar-refractivity contribution in [3.8, 4) is 6.07 Å². The van der Waals surface area contributed by atoms with Crippen LogP contribution in [0.1, 0.15) is 41.1 Å². The summed E-state index contributed by atoms with van der Waals surface area (Å²) in [5.74, 6) is 0. The minimum Gasteiger partial charge on any atom is -0.295 e. The number of nitriles is 1. The molecule has 0 bridgehead atoms. The van der Waals surface area contributed by atoms with Crippen LogP contribution in [0.5, 0.6) is 0 Å². The zero-order valence-corrected chi connectivity index (χ0v) is 12.4. The fourth-order valence-corrected chi connectivity index (χ4v) is 3.33. The lowest BCUT2D eigenvalue weighted by Gasteiger charge is -2.33. The largest absolute Gasteiger partial charge is 0.295 e. The molecule has 2 heteroatoms. The van der Waals surface area contributed by atoms with Crippen molar-refractivity contribution in [1.82, 2.24) is 4.90 Å². The highest BCUT2D eigenvalue weighted by Crippen LogP contribution is 2.34. The topological polar surface area (TPSA) is 27.0 Å². The second-order valence-electron chi connectivity index (χ2n) is 5.79. The maximum absolute atomic E-state index is 9.23. The zero-order chi connectivity index (χ0) is 14.7. The Morgan fingerprint density at radius 3 is 2.76 bits per heavy atom. The molecule has 3 rings (SSSR count). The predicted molar refractivity (Wildman–Crippen MR) is 84.7 cm³/mol. The molecule has 0 amide bonds. The molecule has 1 aliphatic rings. The SMILES string of the molecule is CN(Cc1ccccc1C#N)[C@H]1CCCc2ccccc21. The summed E-state index contributed by atoms with van der Waals surface area (Å²) >= 11 is 0. The maximum atomic E-state index is 9.23. The second kappa shape index (κ2) is 6.11. The molecule has 1 atom stereocenters. The fraction of sp³-hybridized carbons (Fsp3) is 0.316. The van der Waals surface area contributed by atoms with Crippen molar-refractivity contribution >= 4 is 0 Å². The molecule has 0 N–H and O–H groups in total. The standard InChI is InChI=1S/C19H20N2/c1-21(14-17-9-3-2-8-16(17)13-20)19-12-6-10-15-7-4-5-11-18(15)19/h2-5,7-9,11,19H,6,10,12,14H2,1H3/t19-/m0/s1. The van der Waals surface area contributed by atoms with Gasteiger partial charge in [-0.05, 0) is 49.1 Å². The number of hydrogen-bond acceptors (Lipinski definition) is 2. The summed E-state index contributed by atoms with van der Waals surface area (Å²) in [4.78, 5) is 2.38. The third kappa shape index (κ3) is 2.84. The predicted octanol–water partition coefficient (Wildman–Crippen LogP) is 4.07. The summed E-state index contributed by atoms with van der Waals surface area (Å²) < 4.78 is 0. The molecule has 0 saturated carbocycles. The van der Waals surface area contributed by atoms with Gasteiger partial charge in [0.2, 0.25) is 0 Å². The summed E-state index contributed by atoms with van der Waals surface area (Å²) in [7, 11) is 2.17. The lowest BCUT2D eigenvalue weighted by Crippen LogP contribution is -2.27. The number of rotatable bonds is 3. The Bertz CT molecular complexity index is 669. The average Bonchev–Trinajstić information content (AvgIpc) is 2.54. The van der Waals surface area contributed by atoms with Crippen LogP contribution in [0, 0.1) is 11.3 Å². The lowest BCUT2D eigenvalue weighted by molar-refractivity contribution is 0.213. The van der Waals surface area contributed by atoms with E-state index in [1.165, 1.54) is 30.4 Å². The monoisotopic (exact) mass is 276 g/mol. The van der Waals surface area contributed by atoms with Gasteiger partial charge in [0.1, 0.15) is 0 Å². The van der Waals surface area contributed by atoms with Crippen molar-refractivity contribution in [3.05, 3.63) is 70.8 Å². The molecule has 0 saturated heterocycles. The molecule has 2 aromatic rings. The van der Waals surface area contributed by atoms with Gasteiger partial charge in [0.05, 0.1) is 11.6 Å². The molecule has 0 aromatic heterocycles. The highest BCUT2D eigenvalue weighted by atomic mass is 15.1. The van der Waals surface area contributed by atoms with Crippen LogP contribution in [0.2, 0.25) is 0 Å². The third-order valence-electron chi connectivity index (χ3n) is 4.43. The number of benzene rings is 2. The average molecular weight is 276 g/mol. The van der Waals surface area contributed by atoms with Gasteiger partial charge >= 0.3 is 0 Å². The molecular formula is C19H20N2. The van der Waals surface area contributed by atoms with E-state index in [1.54, 1.807) is 0 Å². The Morgan fingerprint density at radius 2 is 1.90 bits per heavy atom. The summed E-state index contributed by atoms with van der Waals surface area (Å²) in [6.45, 7) is 0.822. The smallest absolute Gasteiger partial charge is 0.0995 e. The van der Waals surface area contributed by atoms with Gasteiger partial charge < -0.3 is 0 Å². The van der Waals surface area contributed by atoms with Crippen LogP contribution in [0.4, 0.5) is 0 Å². The Labute approximate surface area is 126 Å². The highest BCUT2D eigenvalue weighted by molar-refractivity contribution is 5.38. The van der Waals surface area contributed by atoms with Crippen LogP contribution in [-0.2, 0) is 13.0 Å². The van der Waals surface area contributed by atoms with Crippen molar-refractivity contribution in [2.75, 3.05) is 7.05 Å². The third-order valence-corrected chi connectivity index (χ3v) is 4.43. The molecule has 0 aliphatic heterocycles. The molecule has 0 spiro atoms. The molecule has 0 unspecified atom stereocenters. The van der Waals surface area contributed by atoms with E-state index in [1.807, 2.05) is 18.2 Å². The van der Waals surface area contributed by atoms with E-state index in [0.29, 0.717) is 6.04 Å². The van der Waals surface area contributed by atoms with E-state index >= 15 is 0 Å². The van der Waals surface area contributed by atoms with Crippen LogP contribution >= 0.6 is 0 Å². The van der Waals surface area contributed by atoms with Crippen molar-refractivity contribution in [2.24, 2.45) is 0 Å². The van der Waals surface area contributed by atoms with Crippen molar-refractivity contribution in [3.63, 3.8) is 0 Å². The first-order valence-corrected chi connectivity index (χ1v) is 7.55. The van der Waals surface area contributed by atoms with E-state index in [9.17, 15) is 5.26 Å². The van der Waals surface area contributed by atoms with Crippen LogP contribution < -0.4 is 0 Å². The van der Waals surface area contributed by atoms with Gasteiger partial charge in [-0.2, -0.15) is 5.26 Å². The van der Waals surface area contributed by atoms with Gasteiger partial charge in [-0.3, -0.25) is 4.90 Å². The normalized spacial score (nSPS) is 17.3. The van der Waals surface area contributed by atoms with E-state index in [4.69, 9.17) is 0 Å². The van der Waals surface area contributed by atoms with Gasteiger partial charge in [-0.25, -0.2) is 0 Å². The number of aryl methyl sites for hydroxylation is 1. The van der Waals surface area contributed by atoms with Gasteiger partial charge in [-0.1, -0.05) is 42.5 Å². The summed E-state index contributed by atoms with van der Waals surface area (Å²) in [5.41, 5.74) is 4.84. The van der Waals surface area contributed by atoms with E-state index < -0.39 is 0 Å². The van der Waals surface area contributed by atoms with Crippen molar-refractivity contribution in [2.45, 2.75) is 31.8 Å². The summed E-state index contributed by atoms with van der Waals surface area (Å²) in [6.07, 6.45) is 3.63. The first kappa shape index (κ1) is 13.9. The first-order valence-electron chi connectivity index (χ1n) is 7.55. The van der Waals surface area contributed by atoms with E-state index in [2.05, 4.69) is 48.3 Å². The summed E-state index contributed by atoms with van der Waals surface area (Å²) in [5, 5.41) is 9.23. The molecule has 0 heterocycles. The molecule has 0 fully saturated rings. The Hall–Kier alpha value is -2.11. The van der Waals surface area contributed by atoms with Gasteiger partial charge in [0, 0.05) is 12.6 Å². The highest BCUT2D eigenvalue weighted by Gasteiger charge is 2.23. The number of hydrogen-bond donors (Lipinski definition) is 0. The second-order valence-corrected chi connectivity index (χ2v) is 5.79. The van der Waals surface area contributed by atoms with Gasteiger partial charge in [-0.15, -0.1) is 0 Å². The van der Waals surface area contributed by atoms with E-state index in [0.717, 1.165) is 17.7 Å². The number of nitrogens with zero attached hydrogens (tertiary/aromatic N) is 2. The van der Waals surface area contributed by atoms with Crippen LogP contribution in [0.25, 0.3) is 0 Å². The maximum Gasteiger partial charge on any atom is 0.0995 e. The Kier molecular flexibility index (Phi) is 4.03. The Morgan fingerprint density at radius 1 is 1.14 bits per heavy atom. The quantitative estimate of drug-likeness (QED) is 0.845. The molecule has 21 heavy (non-hydrogen) atoms. The summed E-state index contributed by atoms with van der Waals surface area (Å²) in [6, 6.07) is 19.4. The van der Waals surface area contributed by atoms with Crippen LogP contribution in [0.15, 0.2) is 48.5 Å². The van der Waals surface area contributed by atoms with Crippen molar-refractivity contribution < 1.29 is 0 Å².